The van der Waals surface area contributed by atoms with E-state index in [1.807, 2.05) is 0 Å². The molecule has 0 radical (unpaired) electrons. The fourth-order valence-corrected chi connectivity index (χ4v) is 2.19. The molecule has 0 aliphatic heterocycles. The van der Waals surface area contributed by atoms with Crippen molar-refractivity contribution in [2.75, 3.05) is 11.1 Å². The van der Waals surface area contributed by atoms with Gasteiger partial charge in [0.2, 0.25) is 0 Å². The Kier molecular flexibility index (Phi) is 4.31. The summed E-state index contributed by atoms with van der Waals surface area (Å²) in [5.74, 6) is -0.593. The molecule has 2 nitrogen and oxygen atoms in total. The van der Waals surface area contributed by atoms with Crippen LogP contribution < -0.4 is 11.1 Å². The Bertz CT molecular complexity index is 591. The molecule has 2 aromatic carbocycles. The second-order valence-corrected chi connectivity index (χ2v) is 5.35. The molecule has 3 N–H and O–H groups in total. The van der Waals surface area contributed by atoms with E-state index >= 15 is 0 Å². The molecule has 0 bridgehead atoms. The molecule has 0 saturated carbocycles. The zero-order valence-corrected chi connectivity index (χ0v) is 12.3. The average Bonchev–Trinajstić information content (AvgIpc) is 2.32. The first kappa shape index (κ1) is 14.5. The third kappa shape index (κ3) is 3.18. The summed E-state index contributed by atoms with van der Waals surface area (Å²) >= 11 is 23.4. The first-order valence-corrected chi connectivity index (χ1v) is 6.55. The third-order valence-corrected chi connectivity index (χ3v) is 3.70. The Morgan fingerprint density at radius 1 is 0.789 bits per heavy atom. The first-order chi connectivity index (χ1) is 8.88. The van der Waals surface area contributed by atoms with Crippen molar-refractivity contribution in [1.29, 1.82) is 0 Å². The van der Waals surface area contributed by atoms with E-state index in [9.17, 15) is 4.39 Å². The lowest BCUT2D eigenvalue weighted by Gasteiger charge is -2.12. The molecular weight excluding hydrogens is 333 g/mol. The molecule has 2 rings (SSSR count). The summed E-state index contributed by atoms with van der Waals surface area (Å²) in [6.07, 6.45) is 0. The predicted molar refractivity (Wildman–Crippen MR) is 80.6 cm³/mol. The van der Waals surface area contributed by atoms with Crippen molar-refractivity contribution in [2.45, 2.75) is 0 Å². The minimum Gasteiger partial charge on any atom is -0.397 e. The molecule has 0 aromatic heterocycles. The maximum atomic E-state index is 13.2. The van der Waals surface area contributed by atoms with Crippen LogP contribution in [0.4, 0.5) is 21.5 Å². The summed E-state index contributed by atoms with van der Waals surface area (Å²) in [6.45, 7) is 0. The summed E-state index contributed by atoms with van der Waals surface area (Å²) in [5, 5.41) is 3.90. The van der Waals surface area contributed by atoms with Gasteiger partial charge in [-0.05, 0) is 18.2 Å². The van der Waals surface area contributed by atoms with Crippen LogP contribution in [-0.4, -0.2) is 0 Å². The number of hydrogen-bond donors (Lipinski definition) is 2. The number of anilines is 3. The third-order valence-electron chi connectivity index (χ3n) is 2.37. The molecule has 100 valence electrons. The Morgan fingerprint density at radius 3 is 2.05 bits per heavy atom. The smallest absolute Gasteiger partial charge is 0.143 e. The fraction of sp³-hybridized carbons (Fsp3) is 0. The van der Waals surface area contributed by atoms with Gasteiger partial charge in [-0.25, -0.2) is 4.39 Å². The zero-order chi connectivity index (χ0) is 14.2. The summed E-state index contributed by atoms with van der Waals surface area (Å²) in [5.41, 5.74) is 6.81. The highest BCUT2D eigenvalue weighted by Crippen LogP contribution is 2.36. The molecule has 19 heavy (non-hydrogen) atoms. The maximum Gasteiger partial charge on any atom is 0.143 e. The van der Waals surface area contributed by atoms with Crippen LogP contribution in [0.5, 0.6) is 0 Å². The Morgan fingerprint density at radius 2 is 1.37 bits per heavy atom. The summed E-state index contributed by atoms with van der Waals surface area (Å²) in [4.78, 5) is 0. The Labute approximate surface area is 129 Å². The van der Waals surface area contributed by atoms with E-state index < -0.39 is 5.82 Å². The fourth-order valence-electron chi connectivity index (χ4n) is 1.43. The molecule has 0 saturated heterocycles. The van der Waals surface area contributed by atoms with E-state index in [1.54, 1.807) is 6.07 Å². The van der Waals surface area contributed by atoms with Gasteiger partial charge in [0, 0.05) is 6.07 Å². The predicted octanol–water partition coefficient (Wildman–Crippen LogP) is 5.77. The lowest BCUT2D eigenvalue weighted by Crippen LogP contribution is -1.98. The van der Waals surface area contributed by atoms with E-state index in [4.69, 9.17) is 52.1 Å². The highest BCUT2D eigenvalue weighted by atomic mass is 35.5. The van der Waals surface area contributed by atoms with Gasteiger partial charge < -0.3 is 11.1 Å². The van der Waals surface area contributed by atoms with E-state index in [1.165, 1.54) is 12.1 Å². The van der Waals surface area contributed by atoms with Crippen molar-refractivity contribution in [2.24, 2.45) is 0 Å². The van der Waals surface area contributed by atoms with Crippen molar-refractivity contribution >= 4 is 63.5 Å². The van der Waals surface area contributed by atoms with Crippen molar-refractivity contribution in [3.05, 3.63) is 50.2 Å². The quantitative estimate of drug-likeness (QED) is 0.538. The van der Waals surface area contributed by atoms with E-state index in [-0.39, 0.29) is 10.7 Å². The average molecular weight is 340 g/mol. The van der Waals surface area contributed by atoms with E-state index in [0.717, 1.165) is 6.07 Å². The number of rotatable bonds is 2. The van der Waals surface area contributed by atoms with Crippen LogP contribution in [-0.2, 0) is 0 Å². The minimum atomic E-state index is -0.593. The summed E-state index contributed by atoms with van der Waals surface area (Å²) in [7, 11) is 0. The normalized spacial score (nSPS) is 10.6. The topological polar surface area (TPSA) is 38.0 Å². The van der Waals surface area contributed by atoms with Crippen molar-refractivity contribution in [3.8, 4) is 0 Å². The largest absolute Gasteiger partial charge is 0.397 e. The van der Waals surface area contributed by atoms with E-state index in [0.29, 0.717) is 26.4 Å². The maximum absolute atomic E-state index is 13.2. The number of benzene rings is 2. The molecule has 0 atom stereocenters. The van der Waals surface area contributed by atoms with Crippen LogP contribution in [0.15, 0.2) is 24.3 Å². The van der Waals surface area contributed by atoms with Crippen molar-refractivity contribution in [1.82, 2.24) is 0 Å². The van der Waals surface area contributed by atoms with Crippen LogP contribution in [0.1, 0.15) is 0 Å². The van der Waals surface area contributed by atoms with Crippen LogP contribution in [0.2, 0.25) is 20.1 Å². The molecule has 0 unspecified atom stereocenters. The Hall–Kier alpha value is -0.870. The molecule has 7 heteroatoms. The SMILES string of the molecule is Nc1cc(F)c(Cl)cc1Nc1cc(Cl)c(Cl)cc1Cl. The lowest BCUT2D eigenvalue weighted by molar-refractivity contribution is 0.629. The van der Waals surface area contributed by atoms with E-state index in [2.05, 4.69) is 5.32 Å². The highest BCUT2D eigenvalue weighted by molar-refractivity contribution is 6.44. The Balaban J connectivity index is 2.42. The van der Waals surface area contributed by atoms with Gasteiger partial charge in [-0.1, -0.05) is 46.4 Å². The summed E-state index contributed by atoms with van der Waals surface area (Å²) in [6, 6.07) is 5.53. The van der Waals surface area contributed by atoms with Crippen LogP contribution >= 0.6 is 46.4 Å². The van der Waals surface area contributed by atoms with Gasteiger partial charge in [0.05, 0.1) is 37.2 Å². The molecule has 0 amide bonds. The van der Waals surface area contributed by atoms with Gasteiger partial charge in [0.1, 0.15) is 5.82 Å². The number of halogens is 5. The molecule has 0 fully saturated rings. The number of nitrogen functional groups attached to an aromatic ring is 1. The van der Waals surface area contributed by atoms with Gasteiger partial charge >= 0.3 is 0 Å². The standard InChI is InChI=1S/C12H7Cl4FN2/c13-5-1-8(16)11(2-6(5)14)19-12-3-7(15)9(17)4-10(12)18/h1-4,19H,18H2. The van der Waals surface area contributed by atoms with Crippen molar-refractivity contribution < 1.29 is 4.39 Å². The zero-order valence-electron chi connectivity index (χ0n) is 9.28. The van der Waals surface area contributed by atoms with Crippen LogP contribution in [0, 0.1) is 5.82 Å². The van der Waals surface area contributed by atoms with Gasteiger partial charge in [0.25, 0.3) is 0 Å². The molecule has 0 heterocycles. The minimum absolute atomic E-state index is 0.0483. The highest BCUT2D eigenvalue weighted by Gasteiger charge is 2.10. The van der Waals surface area contributed by atoms with Crippen molar-refractivity contribution in [3.63, 3.8) is 0 Å². The van der Waals surface area contributed by atoms with Gasteiger partial charge in [-0.3, -0.25) is 0 Å². The van der Waals surface area contributed by atoms with Crippen LogP contribution in [0.3, 0.4) is 0 Å². The second kappa shape index (κ2) is 5.63. The van der Waals surface area contributed by atoms with Crippen LogP contribution in [0.25, 0.3) is 0 Å². The number of hydrogen-bond acceptors (Lipinski definition) is 2. The van der Waals surface area contributed by atoms with Gasteiger partial charge in [0.15, 0.2) is 0 Å². The molecule has 2 aromatic rings. The molecule has 0 aliphatic rings. The molecule has 0 spiro atoms. The van der Waals surface area contributed by atoms with Gasteiger partial charge in [-0.15, -0.1) is 0 Å². The first-order valence-electron chi connectivity index (χ1n) is 5.04. The lowest BCUT2D eigenvalue weighted by atomic mass is 10.2. The number of nitrogens with one attached hydrogen (secondary N) is 1. The molecular formula is C12H7Cl4FN2. The van der Waals surface area contributed by atoms with Gasteiger partial charge in [-0.2, -0.15) is 0 Å². The summed E-state index contributed by atoms with van der Waals surface area (Å²) < 4.78 is 13.2. The number of nitrogens with two attached hydrogens (primary N) is 1. The second-order valence-electron chi connectivity index (χ2n) is 3.72. The monoisotopic (exact) mass is 338 g/mol. The molecule has 0 aliphatic carbocycles.